The van der Waals surface area contributed by atoms with Gasteiger partial charge < -0.3 is 14.0 Å². The number of hydrogen-bond donors (Lipinski definition) is 0. The van der Waals surface area contributed by atoms with Crippen molar-refractivity contribution in [2.24, 2.45) is 5.92 Å². The monoisotopic (exact) mass is 278 g/mol. The summed E-state index contributed by atoms with van der Waals surface area (Å²) in [5.74, 6) is -0.00731. The highest BCUT2D eigenvalue weighted by molar-refractivity contribution is 5.72. The quantitative estimate of drug-likeness (QED) is 0.776. The SMILES string of the molecule is COC(=O)C1CCC(OCc2cncn2C2CC2)CC1. The predicted molar refractivity (Wildman–Crippen MR) is 73.0 cm³/mol. The van der Waals surface area contributed by atoms with Crippen LogP contribution in [0.2, 0.25) is 0 Å². The fraction of sp³-hybridized carbons (Fsp3) is 0.733. The molecule has 0 aliphatic heterocycles. The smallest absolute Gasteiger partial charge is 0.308 e. The third kappa shape index (κ3) is 3.03. The fourth-order valence-electron chi connectivity index (χ4n) is 2.96. The molecule has 110 valence electrons. The second kappa shape index (κ2) is 5.95. The molecule has 2 fully saturated rings. The number of esters is 1. The minimum absolute atomic E-state index is 0.0665. The molecule has 0 amide bonds. The molecule has 0 spiro atoms. The Bertz CT molecular complexity index is 459. The Hall–Kier alpha value is -1.36. The maximum absolute atomic E-state index is 11.5. The topological polar surface area (TPSA) is 53.4 Å². The third-order valence-electron chi connectivity index (χ3n) is 4.36. The van der Waals surface area contributed by atoms with Gasteiger partial charge in [-0.15, -0.1) is 0 Å². The molecule has 0 atom stereocenters. The minimum Gasteiger partial charge on any atom is -0.469 e. The molecule has 5 nitrogen and oxygen atoms in total. The van der Waals surface area contributed by atoms with Gasteiger partial charge in [-0.05, 0) is 38.5 Å². The van der Waals surface area contributed by atoms with Crippen molar-refractivity contribution in [1.29, 1.82) is 0 Å². The van der Waals surface area contributed by atoms with Gasteiger partial charge in [0, 0.05) is 6.04 Å². The van der Waals surface area contributed by atoms with Crippen molar-refractivity contribution in [2.75, 3.05) is 7.11 Å². The molecule has 0 saturated heterocycles. The standard InChI is InChI=1S/C15H22N2O3/c1-19-15(18)11-2-6-14(7-3-11)20-9-13-8-16-10-17(13)12-4-5-12/h8,10-12,14H,2-7,9H2,1H3. The Kier molecular flexibility index (Phi) is 4.05. The van der Waals surface area contributed by atoms with Crippen LogP contribution in [0.25, 0.3) is 0 Å². The summed E-state index contributed by atoms with van der Waals surface area (Å²) in [7, 11) is 1.46. The molecular formula is C15H22N2O3. The molecule has 1 aromatic rings. The Labute approximate surface area is 119 Å². The number of hydrogen-bond acceptors (Lipinski definition) is 4. The highest BCUT2D eigenvalue weighted by Crippen LogP contribution is 2.36. The van der Waals surface area contributed by atoms with Gasteiger partial charge in [0.05, 0.1) is 44.0 Å². The summed E-state index contributed by atoms with van der Waals surface area (Å²) < 4.78 is 13.0. The molecule has 2 aliphatic carbocycles. The van der Waals surface area contributed by atoms with Crippen molar-refractivity contribution in [3.8, 4) is 0 Å². The second-order valence-electron chi connectivity index (χ2n) is 5.83. The molecule has 5 heteroatoms. The van der Waals surface area contributed by atoms with E-state index in [2.05, 4.69) is 9.55 Å². The number of nitrogens with zero attached hydrogens (tertiary/aromatic N) is 2. The van der Waals surface area contributed by atoms with E-state index >= 15 is 0 Å². The normalized spacial score (nSPS) is 26.4. The van der Waals surface area contributed by atoms with Gasteiger partial charge in [0.15, 0.2) is 0 Å². The second-order valence-corrected chi connectivity index (χ2v) is 5.83. The van der Waals surface area contributed by atoms with Crippen LogP contribution in [0.15, 0.2) is 12.5 Å². The van der Waals surface area contributed by atoms with E-state index in [0.717, 1.165) is 25.7 Å². The summed E-state index contributed by atoms with van der Waals surface area (Å²) in [5, 5.41) is 0. The summed E-state index contributed by atoms with van der Waals surface area (Å²) >= 11 is 0. The van der Waals surface area contributed by atoms with E-state index in [1.807, 2.05) is 12.5 Å². The van der Waals surface area contributed by atoms with Crippen molar-refractivity contribution >= 4 is 5.97 Å². The molecule has 2 saturated carbocycles. The molecule has 1 aromatic heterocycles. The third-order valence-corrected chi connectivity index (χ3v) is 4.36. The molecule has 0 bridgehead atoms. The zero-order chi connectivity index (χ0) is 13.9. The van der Waals surface area contributed by atoms with Crippen LogP contribution >= 0.6 is 0 Å². The van der Waals surface area contributed by atoms with E-state index in [-0.39, 0.29) is 18.0 Å². The average molecular weight is 278 g/mol. The van der Waals surface area contributed by atoms with E-state index in [1.165, 1.54) is 25.6 Å². The lowest BCUT2D eigenvalue weighted by Gasteiger charge is -2.27. The molecule has 2 aliphatic rings. The fourth-order valence-corrected chi connectivity index (χ4v) is 2.96. The molecule has 1 heterocycles. The van der Waals surface area contributed by atoms with Gasteiger partial charge in [0.1, 0.15) is 0 Å². The Morgan fingerprint density at radius 2 is 2.05 bits per heavy atom. The molecule has 0 aromatic carbocycles. The maximum Gasteiger partial charge on any atom is 0.308 e. The number of carbonyl (C=O) groups is 1. The van der Waals surface area contributed by atoms with Gasteiger partial charge in [0.2, 0.25) is 0 Å². The molecule has 20 heavy (non-hydrogen) atoms. The first kappa shape index (κ1) is 13.6. The van der Waals surface area contributed by atoms with Gasteiger partial charge in [0.25, 0.3) is 0 Å². The van der Waals surface area contributed by atoms with Crippen molar-refractivity contribution in [2.45, 2.75) is 57.3 Å². The van der Waals surface area contributed by atoms with Crippen molar-refractivity contribution in [3.63, 3.8) is 0 Å². The number of rotatable bonds is 5. The highest BCUT2D eigenvalue weighted by atomic mass is 16.5. The molecule has 0 radical (unpaired) electrons. The van der Waals surface area contributed by atoms with E-state index in [9.17, 15) is 4.79 Å². The van der Waals surface area contributed by atoms with Crippen LogP contribution in [0.5, 0.6) is 0 Å². The van der Waals surface area contributed by atoms with Crippen molar-refractivity contribution in [3.05, 3.63) is 18.2 Å². The lowest BCUT2D eigenvalue weighted by Crippen LogP contribution is -2.27. The summed E-state index contributed by atoms with van der Waals surface area (Å²) in [6.45, 7) is 0.629. The van der Waals surface area contributed by atoms with E-state index in [1.54, 1.807) is 0 Å². The van der Waals surface area contributed by atoms with Crippen LogP contribution in [0.4, 0.5) is 0 Å². The Morgan fingerprint density at radius 1 is 1.30 bits per heavy atom. The van der Waals surface area contributed by atoms with E-state index in [4.69, 9.17) is 9.47 Å². The van der Waals surface area contributed by atoms with E-state index < -0.39 is 0 Å². The van der Waals surface area contributed by atoms with Crippen LogP contribution in [-0.4, -0.2) is 28.7 Å². The van der Waals surface area contributed by atoms with Gasteiger partial charge in [-0.2, -0.15) is 0 Å². The number of carbonyl (C=O) groups excluding carboxylic acids is 1. The first-order valence-electron chi connectivity index (χ1n) is 7.48. The van der Waals surface area contributed by atoms with Crippen LogP contribution in [0.3, 0.4) is 0 Å². The van der Waals surface area contributed by atoms with Crippen LogP contribution < -0.4 is 0 Å². The summed E-state index contributed by atoms with van der Waals surface area (Å²) in [6, 6.07) is 0.645. The van der Waals surface area contributed by atoms with Crippen molar-refractivity contribution < 1.29 is 14.3 Å². The van der Waals surface area contributed by atoms with Gasteiger partial charge >= 0.3 is 5.97 Å². The Balaban J connectivity index is 1.45. The average Bonchev–Trinajstić information content (AvgIpc) is 3.23. The van der Waals surface area contributed by atoms with Crippen LogP contribution in [-0.2, 0) is 20.9 Å². The lowest BCUT2D eigenvalue weighted by atomic mass is 9.87. The summed E-state index contributed by atoms with van der Waals surface area (Å²) in [5.41, 5.74) is 1.17. The van der Waals surface area contributed by atoms with Crippen LogP contribution in [0, 0.1) is 5.92 Å². The van der Waals surface area contributed by atoms with Crippen molar-refractivity contribution in [1.82, 2.24) is 9.55 Å². The molecule has 0 unspecified atom stereocenters. The van der Waals surface area contributed by atoms with E-state index in [0.29, 0.717) is 12.6 Å². The molecule has 3 rings (SSSR count). The molecular weight excluding hydrogens is 256 g/mol. The minimum atomic E-state index is -0.0738. The molecule has 0 N–H and O–H groups in total. The highest BCUT2D eigenvalue weighted by Gasteiger charge is 2.28. The Morgan fingerprint density at radius 3 is 2.70 bits per heavy atom. The number of imidazole rings is 1. The maximum atomic E-state index is 11.5. The number of aromatic nitrogens is 2. The van der Waals surface area contributed by atoms with Crippen LogP contribution in [0.1, 0.15) is 50.3 Å². The van der Waals surface area contributed by atoms with Gasteiger partial charge in [-0.1, -0.05) is 0 Å². The number of ether oxygens (including phenoxy) is 2. The number of methoxy groups -OCH3 is 1. The van der Waals surface area contributed by atoms with Gasteiger partial charge in [-0.25, -0.2) is 4.98 Å². The summed E-state index contributed by atoms with van der Waals surface area (Å²) in [6.07, 6.45) is 10.2. The zero-order valence-electron chi connectivity index (χ0n) is 12.0. The van der Waals surface area contributed by atoms with Gasteiger partial charge in [-0.3, -0.25) is 4.79 Å². The first-order chi connectivity index (χ1) is 9.78. The predicted octanol–water partition coefficient (Wildman–Crippen LogP) is 2.47. The first-order valence-corrected chi connectivity index (χ1v) is 7.48. The largest absolute Gasteiger partial charge is 0.469 e. The summed E-state index contributed by atoms with van der Waals surface area (Å²) in [4.78, 5) is 15.7. The lowest BCUT2D eigenvalue weighted by molar-refractivity contribution is -0.147. The zero-order valence-corrected chi connectivity index (χ0v) is 12.0.